The third-order valence-electron chi connectivity index (χ3n) is 3.82. The van der Waals surface area contributed by atoms with Crippen LogP contribution in [0.5, 0.6) is 0 Å². The minimum atomic E-state index is -1.08. The van der Waals surface area contributed by atoms with Crippen LogP contribution < -0.4 is 0 Å². The first-order valence-corrected chi connectivity index (χ1v) is 9.27. The molecule has 0 bridgehead atoms. The molecule has 0 spiro atoms. The molecule has 0 aliphatic carbocycles. The van der Waals surface area contributed by atoms with Crippen LogP contribution in [0.3, 0.4) is 0 Å². The molecule has 2 aromatic rings. The molecule has 122 valence electrons. The summed E-state index contributed by atoms with van der Waals surface area (Å²) in [5, 5.41) is 0. The van der Waals surface area contributed by atoms with Gasteiger partial charge in [0.05, 0.1) is 16.8 Å². The average molecular weight is 329 g/mol. The number of benzene rings is 2. The Labute approximate surface area is 140 Å². The Hall–Kier alpha value is -1.94. The normalized spacial score (nSPS) is 13.3. The maximum atomic E-state index is 12.4. The quantitative estimate of drug-likeness (QED) is 0.656. The molecule has 0 saturated heterocycles. The maximum Gasteiger partial charge on any atom is 0.210 e. The van der Waals surface area contributed by atoms with Crippen molar-refractivity contribution in [2.24, 2.45) is 0 Å². The molecule has 0 heterocycles. The van der Waals surface area contributed by atoms with Crippen molar-refractivity contribution >= 4 is 17.2 Å². The highest BCUT2D eigenvalue weighted by atomic mass is 32.2. The lowest BCUT2D eigenvalue weighted by molar-refractivity contribution is -0.120. The van der Waals surface area contributed by atoms with E-state index in [-0.39, 0.29) is 6.04 Å². The number of nitrogens with zero attached hydrogens (tertiary/aromatic N) is 1. The van der Waals surface area contributed by atoms with Crippen molar-refractivity contribution < 1.29 is 9.00 Å². The fraction of sp³-hybridized carbons (Fsp3) is 0.316. The highest BCUT2D eigenvalue weighted by Crippen LogP contribution is 2.24. The van der Waals surface area contributed by atoms with E-state index in [4.69, 9.17) is 0 Å². The highest BCUT2D eigenvalue weighted by Gasteiger charge is 2.18. The van der Waals surface area contributed by atoms with Crippen molar-refractivity contribution in [2.45, 2.75) is 30.7 Å². The zero-order chi connectivity index (χ0) is 16.5. The molecule has 0 aliphatic rings. The first kappa shape index (κ1) is 17.4. The number of rotatable bonds is 9. The molecule has 2 rings (SSSR count). The summed E-state index contributed by atoms with van der Waals surface area (Å²) in [4.78, 5) is 14.2. The molecule has 0 N–H and O–H groups in total. The van der Waals surface area contributed by atoms with E-state index in [1.807, 2.05) is 60.7 Å². The van der Waals surface area contributed by atoms with Gasteiger partial charge in [0.1, 0.15) is 0 Å². The minimum Gasteiger partial charge on any atom is -0.337 e. The average Bonchev–Trinajstić information content (AvgIpc) is 2.62. The van der Waals surface area contributed by atoms with E-state index in [2.05, 4.69) is 6.92 Å². The van der Waals surface area contributed by atoms with Gasteiger partial charge in [-0.25, -0.2) is 0 Å². The zero-order valence-corrected chi connectivity index (χ0v) is 14.2. The van der Waals surface area contributed by atoms with Crippen LogP contribution in [0.25, 0.3) is 0 Å². The Kier molecular flexibility index (Phi) is 7.01. The zero-order valence-electron chi connectivity index (χ0n) is 13.4. The minimum absolute atomic E-state index is 0.0477. The molecule has 0 aromatic heterocycles. The summed E-state index contributed by atoms with van der Waals surface area (Å²) in [6, 6.07) is 19.5. The van der Waals surface area contributed by atoms with E-state index >= 15 is 0 Å². The topological polar surface area (TPSA) is 37.4 Å². The molecule has 2 atom stereocenters. The van der Waals surface area contributed by atoms with Crippen molar-refractivity contribution in [3.8, 4) is 0 Å². The third kappa shape index (κ3) is 5.03. The molecule has 23 heavy (non-hydrogen) atoms. The fourth-order valence-electron chi connectivity index (χ4n) is 2.63. The fourth-order valence-corrected chi connectivity index (χ4v) is 3.71. The predicted octanol–water partition coefficient (Wildman–Crippen LogP) is 3.79. The summed E-state index contributed by atoms with van der Waals surface area (Å²) < 4.78 is 12.4. The number of carbonyl (C=O) groups is 1. The maximum absolute atomic E-state index is 12.4. The molecule has 2 unspecified atom stereocenters. The molecular formula is C19H23NO2S. The smallest absolute Gasteiger partial charge is 0.210 e. The lowest BCUT2D eigenvalue weighted by Gasteiger charge is -2.28. The van der Waals surface area contributed by atoms with Crippen molar-refractivity contribution in [3.63, 3.8) is 0 Å². The Morgan fingerprint density at radius 3 is 2.22 bits per heavy atom. The van der Waals surface area contributed by atoms with Crippen LogP contribution in [0.15, 0.2) is 65.6 Å². The molecule has 3 nitrogen and oxygen atoms in total. The Balaban J connectivity index is 2.05. The summed E-state index contributed by atoms with van der Waals surface area (Å²) >= 11 is 0. The Morgan fingerprint density at radius 1 is 1.04 bits per heavy atom. The molecule has 0 fully saturated rings. The molecular weight excluding hydrogens is 306 g/mol. The van der Waals surface area contributed by atoms with Gasteiger partial charge in [-0.15, -0.1) is 0 Å². The second kappa shape index (κ2) is 9.26. The number of carbonyl (C=O) groups excluding carboxylic acids is 1. The first-order chi connectivity index (χ1) is 11.3. The van der Waals surface area contributed by atoms with E-state index in [9.17, 15) is 9.00 Å². The van der Waals surface area contributed by atoms with Gasteiger partial charge in [0.15, 0.2) is 0 Å². The van der Waals surface area contributed by atoms with E-state index < -0.39 is 10.8 Å². The van der Waals surface area contributed by atoms with Gasteiger partial charge in [-0.3, -0.25) is 9.00 Å². The SMILES string of the molecule is CCCC(c1ccccc1)N(C=O)CCS(=O)c1ccccc1. The summed E-state index contributed by atoms with van der Waals surface area (Å²) in [5.41, 5.74) is 1.13. The van der Waals surface area contributed by atoms with Gasteiger partial charge in [-0.2, -0.15) is 0 Å². The summed E-state index contributed by atoms with van der Waals surface area (Å²) in [6.45, 7) is 2.60. The van der Waals surface area contributed by atoms with Crippen molar-refractivity contribution in [1.29, 1.82) is 0 Å². The molecule has 0 saturated carbocycles. The van der Waals surface area contributed by atoms with Gasteiger partial charge in [-0.05, 0) is 24.1 Å². The second-order valence-corrected chi connectivity index (χ2v) is 6.99. The summed E-state index contributed by atoms with van der Waals surface area (Å²) in [5.74, 6) is 0.454. The van der Waals surface area contributed by atoms with Gasteiger partial charge < -0.3 is 4.90 Å². The van der Waals surface area contributed by atoms with Gasteiger partial charge >= 0.3 is 0 Å². The van der Waals surface area contributed by atoms with Crippen LogP contribution in [-0.2, 0) is 15.6 Å². The molecule has 2 aromatic carbocycles. The van der Waals surface area contributed by atoms with Crippen LogP contribution in [0.2, 0.25) is 0 Å². The van der Waals surface area contributed by atoms with E-state index in [1.165, 1.54) is 0 Å². The van der Waals surface area contributed by atoms with Gasteiger partial charge in [-0.1, -0.05) is 61.9 Å². The van der Waals surface area contributed by atoms with Gasteiger partial charge in [0.2, 0.25) is 6.41 Å². The number of hydrogen-bond donors (Lipinski definition) is 0. The predicted molar refractivity (Wildman–Crippen MR) is 94.6 cm³/mol. The van der Waals surface area contributed by atoms with E-state index in [1.54, 1.807) is 4.90 Å². The molecule has 4 heteroatoms. The van der Waals surface area contributed by atoms with Crippen LogP contribution in [-0.4, -0.2) is 27.8 Å². The molecule has 1 amide bonds. The van der Waals surface area contributed by atoms with Crippen LogP contribution in [0, 0.1) is 0 Å². The van der Waals surface area contributed by atoms with Crippen LogP contribution in [0.1, 0.15) is 31.4 Å². The van der Waals surface area contributed by atoms with Gasteiger partial charge in [0, 0.05) is 17.2 Å². The van der Waals surface area contributed by atoms with E-state index in [0.29, 0.717) is 12.3 Å². The molecule has 0 aliphatic heterocycles. The number of amides is 1. The standard InChI is InChI=1S/C19H23NO2S/c1-2-9-19(17-10-5-3-6-11-17)20(16-21)14-15-23(22)18-12-7-4-8-13-18/h3-8,10-13,16,19H,2,9,14-15H2,1H3. The highest BCUT2D eigenvalue weighted by molar-refractivity contribution is 7.85. The first-order valence-electron chi connectivity index (χ1n) is 7.95. The van der Waals surface area contributed by atoms with E-state index in [0.717, 1.165) is 29.7 Å². The van der Waals surface area contributed by atoms with Crippen molar-refractivity contribution in [2.75, 3.05) is 12.3 Å². The van der Waals surface area contributed by atoms with Gasteiger partial charge in [0.25, 0.3) is 0 Å². The Morgan fingerprint density at radius 2 is 1.65 bits per heavy atom. The van der Waals surface area contributed by atoms with Crippen LogP contribution >= 0.6 is 0 Å². The van der Waals surface area contributed by atoms with Crippen molar-refractivity contribution in [3.05, 3.63) is 66.2 Å². The molecule has 0 radical (unpaired) electrons. The Bertz CT molecular complexity index is 616. The monoisotopic (exact) mass is 329 g/mol. The van der Waals surface area contributed by atoms with Crippen LogP contribution in [0.4, 0.5) is 0 Å². The lowest BCUT2D eigenvalue weighted by Crippen LogP contribution is -2.31. The summed E-state index contributed by atoms with van der Waals surface area (Å²) in [6.07, 6.45) is 2.78. The number of hydrogen-bond acceptors (Lipinski definition) is 2. The van der Waals surface area contributed by atoms with Crippen molar-refractivity contribution in [1.82, 2.24) is 4.90 Å². The summed E-state index contributed by atoms with van der Waals surface area (Å²) in [7, 11) is -1.08. The third-order valence-corrected chi connectivity index (χ3v) is 5.17. The largest absolute Gasteiger partial charge is 0.337 e. The lowest BCUT2D eigenvalue weighted by atomic mass is 10.0. The second-order valence-electron chi connectivity index (χ2n) is 5.42.